The van der Waals surface area contributed by atoms with Gasteiger partial charge in [-0.1, -0.05) is 13.0 Å². The molecule has 0 aliphatic rings. The Labute approximate surface area is 103 Å². The van der Waals surface area contributed by atoms with E-state index in [4.69, 9.17) is 9.73 Å². The Morgan fingerprint density at radius 2 is 2.00 bits per heavy atom. The molecule has 0 saturated heterocycles. The quantitative estimate of drug-likeness (QED) is 0.315. The second-order valence-electron chi connectivity index (χ2n) is 4.21. The zero-order chi connectivity index (χ0) is 13.5. The van der Waals surface area contributed by atoms with Crippen molar-refractivity contribution in [3.8, 4) is 0 Å². The lowest BCUT2D eigenvalue weighted by Crippen LogP contribution is -2.31. The summed E-state index contributed by atoms with van der Waals surface area (Å²) in [6.07, 6.45) is 2.55. The minimum absolute atomic E-state index is 0.226. The van der Waals surface area contributed by atoms with Crippen molar-refractivity contribution >= 4 is 13.3 Å². The molecule has 5 nitrogen and oxygen atoms in total. The number of hydroxylamine groups is 2. The monoisotopic (exact) mass is 263 g/mol. The lowest BCUT2D eigenvalue weighted by atomic mass is 10.2. The molecule has 0 rings (SSSR count). The van der Waals surface area contributed by atoms with E-state index in [0.717, 1.165) is 12.8 Å². The fourth-order valence-corrected chi connectivity index (χ4v) is 2.14. The molecular formula is C11H22NO4P. The van der Waals surface area contributed by atoms with Crippen molar-refractivity contribution in [3.63, 3.8) is 0 Å². The number of hydrogen-bond donors (Lipinski definition) is 1. The van der Waals surface area contributed by atoms with Crippen LogP contribution in [0.15, 0.2) is 12.2 Å². The van der Waals surface area contributed by atoms with E-state index in [1.165, 1.54) is 18.8 Å². The summed E-state index contributed by atoms with van der Waals surface area (Å²) in [5, 5.41) is 1.26. The maximum Gasteiger partial charge on any atom is 0.272 e. The predicted octanol–water partition coefficient (Wildman–Crippen LogP) is 2.02. The van der Waals surface area contributed by atoms with E-state index in [1.807, 2.05) is 0 Å². The summed E-state index contributed by atoms with van der Waals surface area (Å²) >= 11 is 0. The third kappa shape index (κ3) is 8.13. The highest BCUT2D eigenvalue weighted by atomic mass is 31.2. The number of carbonyl (C=O) groups is 1. The van der Waals surface area contributed by atoms with Crippen LogP contribution in [0, 0.1) is 0 Å². The standard InChI is InChI=1S/C11H22NO4P/c1-10(2)11(13)12(16-3)8-6-5-7-9-17(4,14)15/h1,5-9H2,2-4H3,(H,14,15). The molecule has 0 radical (unpaired) electrons. The minimum atomic E-state index is -2.90. The normalized spacial score (nSPS) is 14.1. The van der Waals surface area contributed by atoms with Crippen molar-refractivity contribution in [2.75, 3.05) is 26.5 Å². The van der Waals surface area contributed by atoms with Gasteiger partial charge in [-0.2, -0.15) is 0 Å². The van der Waals surface area contributed by atoms with Crippen molar-refractivity contribution < 1.29 is 19.1 Å². The molecule has 1 atom stereocenters. The molecule has 6 heteroatoms. The molecule has 0 spiro atoms. The average Bonchev–Trinajstić information content (AvgIpc) is 2.20. The molecule has 1 unspecified atom stereocenters. The molecule has 0 aromatic rings. The Kier molecular flexibility index (Phi) is 7.35. The van der Waals surface area contributed by atoms with Crippen LogP contribution in [0.5, 0.6) is 0 Å². The first kappa shape index (κ1) is 16.4. The van der Waals surface area contributed by atoms with Crippen LogP contribution in [0.4, 0.5) is 0 Å². The fourth-order valence-electron chi connectivity index (χ4n) is 1.33. The highest BCUT2D eigenvalue weighted by Crippen LogP contribution is 2.36. The van der Waals surface area contributed by atoms with Crippen molar-refractivity contribution in [3.05, 3.63) is 12.2 Å². The first-order chi connectivity index (χ1) is 7.78. The summed E-state index contributed by atoms with van der Waals surface area (Å²) in [6, 6.07) is 0. The SMILES string of the molecule is C=C(C)C(=O)N(CCCCCP(C)(=O)O)OC. The van der Waals surface area contributed by atoms with Crippen LogP contribution < -0.4 is 0 Å². The average molecular weight is 263 g/mol. The molecule has 17 heavy (non-hydrogen) atoms. The molecule has 0 aromatic heterocycles. The van der Waals surface area contributed by atoms with Gasteiger partial charge in [0.2, 0.25) is 0 Å². The highest BCUT2D eigenvalue weighted by molar-refractivity contribution is 7.57. The van der Waals surface area contributed by atoms with E-state index >= 15 is 0 Å². The molecule has 0 heterocycles. The summed E-state index contributed by atoms with van der Waals surface area (Å²) in [6.45, 7) is 7.03. The molecule has 0 aliphatic carbocycles. The van der Waals surface area contributed by atoms with Crippen molar-refractivity contribution in [1.82, 2.24) is 5.06 Å². The van der Waals surface area contributed by atoms with Crippen LogP contribution >= 0.6 is 7.37 Å². The Bertz CT molecular complexity index is 311. The summed E-state index contributed by atoms with van der Waals surface area (Å²) < 4.78 is 11.0. The second-order valence-corrected chi connectivity index (χ2v) is 6.75. The summed E-state index contributed by atoms with van der Waals surface area (Å²) in [5.41, 5.74) is 0.431. The van der Waals surface area contributed by atoms with Gasteiger partial charge in [0.1, 0.15) is 0 Å². The molecule has 0 aromatic carbocycles. The number of unbranched alkanes of at least 4 members (excludes halogenated alkanes) is 2. The zero-order valence-corrected chi connectivity index (χ0v) is 11.7. The van der Waals surface area contributed by atoms with Gasteiger partial charge in [0.25, 0.3) is 5.91 Å². The summed E-state index contributed by atoms with van der Waals surface area (Å²) in [7, 11) is -1.46. The van der Waals surface area contributed by atoms with Crippen molar-refractivity contribution in [2.45, 2.75) is 26.2 Å². The number of amides is 1. The Morgan fingerprint density at radius 3 is 2.41 bits per heavy atom. The van der Waals surface area contributed by atoms with E-state index < -0.39 is 7.37 Å². The molecule has 0 saturated carbocycles. The smallest absolute Gasteiger partial charge is 0.272 e. The molecule has 0 aliphatic heterocycles. The van der Waals surface area contributed by atoms with Gasteiger partial charge < -0.3 is 4.89 Å². The van der Waals surface area contributed by atoms with Crippen LogP contribution in [-0.4, -0.2) is 42.3 Å². The highest BCUT2D eigenvalue weighted by Gasteiger charge is 2.13. The van der Waals surface area contributed by atoms with Gasteiger partial charge in [-0.05, 0) is 19.8 Å². The van der Waals surface area contributed by atoms with Crippen LogP contribution in [0.3, 0.4) is 0 Å². The predicted molar refractivity (Wildman–Crippen MR) is 68.0 cm³/mol. The van der Waals surface area contributed by atoms with E-state index in [-0.39, 0.29) is 5.91 Å². The van der Waals surface area contributed by atoms with Crippen LogP contribution in [0.25, 0.3) is 0 Å². The molecule has 1 amide bonds. The Balaban J connectivity index is 3.82. The lowest BCUT2D eigenvalue weighted by molar-refractivity contribution is -0.171. The molecule has 1 N–H and O–H groups in total. The first-order valence-corrected chi connectivity index (χ1v) is 7.88. The van der Waals surface area contributed by atoms with E-state index in [1.54, 1.807) is 6.92 Å². The van der Waals surface area contributed by atoms with Gasteiger partial charge >= 0.3 is 0 Å². The first-order valence-electron chi connectivity index (χ1n) is 5.58. The second kappa shape index (κ2) is 7.64. The topological polar surface area (TPSA) is 66.8 Å². The van der Waals surface area contributed by atoms with E-state index in [2.05, 4.69) is 6.58 Å². The third-order valence-electron chi connectivity index (χ3n) is 2.25. The molecule has 0 fully saturated rings. The fraction of sp³-hybridized carbons (Fsp3) is 0.727. The van der Waals surface area contributed by atoms with Gasteiger partial charge in [-0.15, -0.1) is 0 Å². The van der Waals surface area contributed by atoms with Crippen molar-refractivity contribution in [1.29, 1.82) is 0 Å². The third-order valence-corrected chi connectivity index (χ3v) is 3.39. The molecule has 100 valence electrons. The molecular weight excluding hydrogens is 241 g/mol. The van der Waals surface area contributed by atoms with Gasteiger partial charge in [0.15, 0.2) is 7.37 Å². The van der Waals surface area contributed by atoms with Crippen LogP contribution in [0.1, 0.15) is 26.2 Å². The maximum atomic E-state index is 11.5. The lowest BCUT2D eigenvalue weighted by Gasteiger charge is -2.19. The number of hydrogen-bond acceptors (Lipinski definition) is 3. The van der Waals surface area contributed by atoms with Crippen molar-refractivity contribution in [2.24, 2.45) is 0 Å². The largest absolute Gasteiger partial charge is 0.344 e. The Hall–Kier alpha value is -0.640. The maximum absolute atomic E-state index is 11.5. The zero-order valence-electron chi connectivity index (χ0n) is 10.8. The van der Waals surface area contributed by atoms with Crippen LogP contribution in [-0.2, 0) is 14.2 Å². The van der Waals surface area contributed by atoms with Gasteiger partial charge in [-0.3, -0.25) is 14.2 Å². The molecule has 0 bridgehead atoms. The number of carbonyl (C=O) groups excluding carboxylic acids is 1. The van der Waals surface area contributed by atoms with Gasteiger partial charge in [0, 0.05) is 24.9 Å². The number of rotatable bonds is 8. The minimum Gasteiger partial charge on any atom is -0.344 e. The Morgan fingerprint density at radius 1 is 1.41 bits per heavy atom. The van der Waals surface area contributed by atoms with Crippen LogP contribution in [0.2, 0.25) is 0 Å². The summed E-state index contributed by atoms with van der Waals surface area (Å²) in [5.74, 6) is -0.226. The van der Waals surface area contributed by atoms with E-state index in [9.17, 15) is 9.36 Å². The van der Waals surface area contributed by atoms with Gasteiger partial charge in [-0.25, -0.2) is 5.06 Å². The van der Waals surface area contributed by atoms with Gasteiger partial charge in [0.05, 0.1) is 7.11 Å². The van der Waals surface area contributed by atoms with E-state index in [0.29, 0.717) is 24.7 Å². The number of nitrogens with zero attached hydrogens (tertiary/aromatic N) is 1. The summed E-state index contributed by atoms with van der Waals surface area (Å²) in [4.78, 5) is 25.5.